The number of nitrogens with one attached hydrogen (secondary N) is 1. The number of ether oxygens (including phenoxy) is 1. The van der Waals surface area contributed by atoms with E-state index < -0.39 is 0 Å². The average Bonchev–Trinajstić information content (AvgIpc) is 3.23. The molecule has 1 heterocycles. The fourth-order valence-electron chi connectivity index (χ4n) is 4.66. The average molecular weight is 432 g/mol. The van der Waals surface area contributed by atoms with Crippen molar-refractivity contribution in [3.8, 4) is 0 Å². The van der Waals surface area contributed by atoms with Crippen molar-refractivity contribution in [2.45, 2.75) is 38.6 Å². The van der Waals surface area contributed by atoms with Crippen LogP contribution in [0, 0.1) is 5.92 Å². The summed E-state index contributed by atoms with van der Waals surface area (Å²) >= 11 is 0. The third kappa shape index (κ3) is 5.34. The Hall–Kier alpha value is -2.76. The van der Waals surface area contributed by atoms with Gasteiger partial charge in [-0.2, -0.15) is 5.10 Å². The zero-order valence-electron chi connectivity index (χ0n) is 18.9. The van der Waals surface area contributed by atoms with Crippen molar-refractivity contribution < 1.29 is 9.53 Å². The van der Waals surface area contributed by atoms with Crippen LogP contribution in [0.2, 0.25) is 0 Å². The SMILES string of the molecule is CCOCCCNCC(=O)N1N=C2C(=Cc3ccccc3)CCCC2C1c1ccccc1. The van der Waals surface area contributed by atoms with Gasteiger partial charge in [0.2, 0.25) is 0 Å². The molecular weight excluding hydrogens is 398 g/mol. The van der Waals surface area contributed by atoms with Gasteiger partial charge in [-0.25, -0.2) is 5.01 Å². The molecule has 1 saturated carbocycles. The molecule has 32 heavy (non-hydrogen) atoms. The van der Waals surface area contributed by atoms with E-state index in [-0.39, 0.29) is 24.4 Å². The molecule has 5 heteroatoms. The van der Waals surface area contributed by atoms with Crippen LogP contribution < -0.4 is 5.32 Å². The van der Waals surface area contributed by atoms with Gasteiger partial charge in [0, 0.05) is 19.1 Å². The maximum atomic E-state index is 13.2. The van der Waals surface area contributed by atoms with Crippen LogP contribution >= 0.6 is 0 Å². The van der Waals surface area contributed by atoms with Gasteiger partial charge in [0.05, 0.1) is 18.3 Å². The highest BCUT2D eigenvalue weighted by Gasteiger charge is 2.43. The first-order chi connectivity index (χ1) is 15.8. The maximum absolute atomic E-state index is 13.2. The van der Waals surface area contributed by atoms with Gasteiger partial charge < -0.3 is 10.1 Å². The Morgan fingerprint density at radius 3 is 2.66 bits per heavy atom. The smallest absolute Gasteiger partial charge is 0.257 e. The van der Waals surface area contributed by atoms with E-state index in [0.29, 0.717) is 6.61 Å². The van der Waals surface area contributed by atoms with Gasteiger partial charge in [-0.3, -0.25) is 4.79 Å². The maximum Gasteiger partial charge on any atom is 0.257 e. The molecule has 0 spiro atoms. The zero-order chi connectivity index (χ0) is 22.2. The second-order valence-corrected chi connectivity index (χ2v) is 8.39. The summed E-state index contributed by atoms with van der Waals surface area (Å²) in [5.41, 5.74) is 4.68. The third-order valence-corrected chi connectivity index (χ3v) is 6.16. The monoisotopic (exact) mass is 431 g/mol. The number of rotatable bonds is 9. The highest BCUT2D eigenvalue weighted by molar-refractivity contribution is 6.08. The summed E-state index contributed by atoms with van der Waals surface area (Å²) in [6.07, 6.45) is 6.31. The van der Waals surface area contributed by atoms with Gasteiger partial charge >= 0.3 is 0 Å². The van der Waals surface area contributed by atoms with Crippen LogP contribution in [0.3, 0.4) is 0 Å². The number of allylic oxidation sites excluding steroid dienone is 1. The molecule has 168 valence electrons. The Balaban J connectivity index is 1.55. The topological polar surface area (TPSA) is 53.9 Å². The normalized spacial score (nSPS) is 21.5. The van der Waals surface area contributed by atoms with E-state index in [1.165, 1.54) is 11.1 Å². The highest BCUT2D eigenvalue weighted by atomic mass is 16.5. The summed E-state index contributed by atoms with van der Waals surface area (Å²) in [7, 11) is 0. The molecule has 2 aromatic carbocycles. The Labute approximate surface area is 191 Å². The molecule has 1 amide bonds. The minimum absolute atomic E-state index is 0.0243. The molecule has 0 saturated heterocycles. The van der Waals surface area contributed by atoms with Crippen molar-refractivity contribution in [3.63, 3.8) is 0 Å². The third-order valence-electron chi connectivity index (χ3n) is 6.16. The summed E-state index contributed by atoms with van der Waals surface area (Å²) in [6, 6.07) is 20.7. The summed E-state index contributed by atoms with van der Waals surface area (Å²) in [5.74, 6) is 0.263. The predicted octanol–water partition coefficient (Wildman–Crippen LogP) is 4.83. The summed E-state index contributed by atoms with van der Waals surface area (Å²) in [5, 5.41) is 9.96. The van der Waals surface area contributed by atoms with E-state index in [9.17, 15) is 4.79 Å². The van der Waals surface area contributed by atoms with Gasteiger partial charge in [0.15, 0.2) is 0 Å². The van der Waals surface area contributed by atoms with Gasteiger partial charge in [-0.15, -0.1) is 0 Å². The van der Waals surface area contributed by atoms with Crippen LogP contribution in [0.1, 0.15) is 49.8 Å². The summed E-state index contributed by atoms with van der Waals surface area (Å²) in [4.78, 5) is 13.2. The number of hydrogen-bond acceptors (Lipinski definition) is 4. The number of benzene rings is 2. The molecule has 0 radical (unpaired) electrons. The fourth-order valence-corrected chi connectivity index (χ4v) is 4.66. The predicted molar refractivity (Wildman–Crippen MR) is 129 cm³/mol. The summed E-state index contributed by atoms with van der Waals surface area (Å²) in [6.45, 7) is 4.48. The van der Waals surface area contributed by atoms with E-state index in [4.69, 9.17) is 9.84 Å². The zero-order valence-corrected chi connectivity index (χ0v) is 18.9. The molecule has 1 fully saturated rings. The highest BCUT2D eigenvalue weighted by Crippen LogP contribution is 2.44. The first-order valence-electron chi connectivity index (χ1n) is 11.8. The van der Waals surface area contributed by atoms with Crippen molar-refractivity contribution in [2.75, 3.05) is 26.3 Å². The molecule has 0 bridgehead atoms. The minimum atomic E-state index is -0.0385. The van der Waals surface area contributed by atoms with E-state index >= 15 is 0 Å². The van der Waals surface area contributed by atoms with Crippen LogP contribution in [0.4, 0.5) is 0 Å². The summed E-state index contributed by atoms with van der Waals surface area (Å²) < 4.78 is 5.38. The van der Waals surface area contributed by atoms with Crippen LogP contribution in [-0.4, -0.2) is 42.9 Å². The lowest BCUT2D eigenvalue weighted by Gasteiger charge is -2.29. The Morgan fingerprint density at radius 1 is 1.16 bits per heavy atom. The molecule has 1 aliphatic carbocycles. The second-order valence-electron chi connectivity index (χ2n) is 8.39. The van der Waals surface area contributed by atoms with E-state index in [2.05, 4.69) is 47.8 Å². The standard InChI is InChI=1S/C27H33N3O2/c1-2-32-18-10-17-28-20-25(31)30-27(22-13-7-4-8-14-22)24-16-9-15-23(26(24)29-30)19-21-11-5-3-6-12-21/h3-8,11-14,19,24,27-28H,2,9-10,15-18,20H2,1H3. The van der Waals surface area contributed by atoms with Crippen molar-refractivity contribution >= 4 is 17.7 Å². The molecule has 2 aromatic rings. The van der Waals surface area contributed by atoms with Crippen molar-refractivity contribution in [3.05, 3.63) is 77.4 Å². The number of hydrogen-bond donors (Lipinski definition) is 1. The molecule has 1 N–H and O–H groups in total. The molecule has 1 aliphatic heterocycles. The number of fused-ring (bicyclic) bond motifs is 1. The van der Waals surface area contributed by atoms with E-state index in [0.717, 1.165) is 50.1 Å². The molecule has 2 unspecified atom stereocenters. The number of carbonyl (C=O) groups excluding carboxylic acids is 1. The van der Waals surface area contributed by atoms with Gasteiger partial charge in [0.1, 0.15) is 0 Å². The van der Waals surface area contributed by atoms with Crippen LogP contribution in [0.25, 0.3) is 6.08 Å². The molecule has 4 rings (SSSR count). The van der Waals surface area contributed by atoms with E-state index in [1.807, 2.05) is 31.2 Å². The van der Waals surface area contributed by atoms with Gasteiger partial charge in [-0.1, -0.05) is 60.7 Å². The molecule has 5 nitrogen and oxygen atoms in total. The Bertz CT molecular complexity index is 940. The van der Waals surface area contributed by atoms with Crippen molar-refractivity contribution in [1.82, 2.24) is 10.3 Å². The lowest BCUT2D eigenvalue weighted by molar-refractivity contribution is -0.132. The Kier molecular flexibility index (Phi) is 7.86. The second kappa shape index (κ2) is 11.2. The largest absolute Gasteiger partial charge is 0.382 e. The lowest BCUT2D eigenvalue weighted by atomic mass is 9.77. The number of carbonyl (C=O) groups is 1. The molecule has 2 aliphatic rings. The quantitative estimate of drug-likeness (QED) is 0.579. The Morgan fingerprint density at radius 2 is 1.91 bits per heavy atom. The first kappa shape index (κ1) is 22.4. The van der Waals surface area contributed by atoms with Crippen molar-refractivity contribution in [2.24, 2.45) is 11.0 Å². The van der Waals surface area contributed by atoms with Crippen LogP contribution in [-0.2, 0) is 9.53 Å². The lowest BCUT2D eigenvalue weighted by Crippen LogP contribution is -2.37. The van der Waals surface area contributed by atoms with Crippen LogP contribution in [0.5, 0.6) is 0 Å². The van der Waals surface area contributed by atoms with E-state index in [1.54, 1.807) is 5.01 Å². The molecular formula is C27H33N3O2. The number of nitrogens with zero attached hydrogens (tertiary/aromatic N) is 2. The molecule has 2 atom stereocenters. The minimum Gasteiger partial charge on any atom is -0.382 e. The van der Waals surface area contributed by atoms with Crippen molar-refractivity contribution in [1.29, 1.82) is 0 Å². The van der Waals surface area contributed by atoms with Gasteiger partial charge in [-0.05, 0) is 61.9 Å². The fraction of sp³-hybridized carbons (Fsp3) is 0.407. The van der Waals surface area contributed by atoms with Crippen LogP contribution in [0.15, 0.2) is 71.3 Å². The van der Waals surface area contributed by atoms with Gasteiger partial charge in [0.25, 0.3) is 5.91 Å². The number of amides is 1. The molecule has 0 aromatic heterocycles. The number of hydrazone groups is 1. The first-order valence-corrected chi connectivity index (χ1v) is 11.8.